The summed E-state index contributed by atoms with van der Waals surface area (Å²) < 4.78 is 5.48. The van der Waals surface area contributed by atoms with Gasteiger partial charge in [-0.25, -0.2) is 4.79 Å². The predicted octanol–water partition coefficient (Wildman–Crippen LogP) is 0.631. The average Bonchev–Trinajstić information content (AvgIpc) is 3.59. The van der Waals surface area contributed by atoms with E-state index in [9.17, 15) is 24.0 Å². The predicted molar refractivity (Wildman–Crippen MR) is 224 cm³/mol. The third kappa shape index (κ3) is 18.6. The van der Waals surface area contributed by atoms with Gasteiger partial charge in [0.25, 0.3) is 0 Å². The highest BCUT2D eigenvalue weighted by atomic mass is 33.1. The maximum atomic E-state index is 14.1. The highest BCUT2D eigenvalue weighted by molar-refractivity contribution is 8.77. The van der Waals surface area contributed by atoms with Crippen LogP contribution >= 0.6 is 21.6 Å². The van der Waals surface area contributed by atoms with E-state index in [4.69, 9.17) is 33.4 Å². The molecule has 0 unspecified atom stereocenters. The number of ether oxygens (including phenoxy) is 1. The summed E-state index contributed by atoms with van der Waals surface area (Å²) in [6.07, 6.45) is 2.33. The maximum absolute atomic E-state index is 14.1. The Morgan fingerprint density at radius 3 is 1.98 bits per heavy atom. The quantitative estimate of drug-likeness (QED) is 0.0278. The second kappa shape index (κ2) is 23.1. The fraction of sp³-hybridized carbons (Fsp3) is 0.649. The van der Waals surface area contributed by atoms with E-state index in [1.54, 1.807) is 20.8 Å². The summed E-state index contributed by atoms with van der Waals surface area (Å²) in [6.45, 7) is 12.1. The number of hydrogen-bond acceptors (Lipinski definition) is 11. The van der Waals surface area contributed by atoms with Crippen molar-refractivity contribution in [2.45, 2.75) is 127 Å². The molecule has 13 N–H and O–H groups in total. The molecule has 56 heavy (non-hydrogen) atoms. The minimum atomic E-state index is -1.14. The van der Waals surface area contributed by atoms with Crippen molar-refractivity contribution in [3.63, 3.8) is 0 Å². The van der Waals surface area contributed by atoms with Gasteiger partial charge in [-0.3, -0.25) is 29.2 Å². The Labute approximate surface area is 338 Å². The Morgan fingerprint density at radius 1 is 0.839 bits per heavy atom. The fourth-order valence-electron chi connectivity index (χ4n) is 5.62. The van der Waals surface area contributed by atoms with Gasteiger partial charge in [-0.1, -0.05) is 72.7 Å². The number of hydrogen-bond donors (Lipinski definition) is 8. The standard InChI is InChI=1S/C37H63N11O6S2/c1-36(2,3)54-33(53)26(21-23-13-8-7-9-14-23)46-29(49)25(16-11-19-44-35(41)42)45-30(50)27(22-55-56-37(4,5)6)47-31(51)28-17-12-20-48(28)32(52)24(38)15-10-18-43-34(39)40/h7-9,13-14,24-28H,10-12,15-22,38H2,1-6H3,(H,45,50)(H,46,49)(H,47,51)(H4,39,40,43)(H4,41,42,44)/t24-,25-,26-,27-,28-/m0/s1. The molecule has 0 radical (unpaired) electrons. The van der Waals surface area contributed by atoms with Crippen molar-refractivity contribution in [3.05, 3.63) is 35.9 Å². The van der Waals surface area contributed by atoms with Gasteiger partial charge in [-0.2, -0.15) is 0 Å². The minimum absolute atomic E-state index is 0.0511. The number of rotatable bonds is 21. The summed E-state index contributed by atoms with van der Waals surface area (Å²) in [5.74, 6) is -2.78. The zero-order valence-corrected chi connectivity index (χ0v) is 35.2. The van der Waals surface area contributed by atoms with Crippen LogP contribution < -0.4 is 44.6 Å². The molecule has 0 aliphatic carbocycles. The number of aliphatic imine (C=N–C) groups is 2. The average molecular weight is 822 g/mol. The van der Waals surface area contributed by atoms with E-state index < -0.39 is 59.5 Å². The molecule has 1 aliphatic heterocycles. The lowest BCUT2D eigenvalue weighted by Crippen LogP contribution is -2.59. The fourth-order valence-corrected chi connectivity index (χ4v) is 8.09. The molecule has 1 fully saturated rings. The molecule has 19 heteroatoms. The maximum Gasteiger partial charge on any atom is 0.329 e. The SMILES string of the molecule is CC(C)(C)OC(=O)[C@H](Cc1ccccc1)NC(=O)[C@H](CCCN=C(N)N)NC(=O)[C@H](CSSC(C)(C)C)NC(=O)[C@@H]1CCCN1C(=O)[C@@H](N)CCCN=C(N)N. The third-order valence-corrected chi connectivity index (χ3v) is 11.5. The Kier molecular flexibility index (Phi) is 19.8. The van der Waals surface area contributed by atoms with Crippen LogP contribution in [0, 0.1) is 0 Å². The van der Waals surface area contributed by atoms with Gasteiger partial charge in [-0.05, 0) is 64.9 Å². The van der Waals surface area contributed by atoms with Gasteiger partial charge in [0.1, 0.15) is 29.8 Å². The van der Waals surface area contributed by atoms with E-state index in [0.29, 0.717) is 45.2 Å². The number of guanidine groups is 2. The molecular weight excluding hydrogens is 759 g/mol. The van der Waals surface area contributed by atoms with Crippen LogP contribution in [0.3, 0.4) is 0 Å². The first kappa shape index (κ1) is 47.9. The number of likely N-dealkylation sites (tertiary alicyclic amines) is 1. The number of nitrogens with zero attached hydrogens (tertiary/aromatic N) is 3. The van der Waals surface area contributed by atoms with Gasteiger partial charge in [-0.15, -0.1) is 0 Å². The Morgan fingerprint density at radius 2 is 1.41 bits per heavy atom. The zero-order chi connectivity index (χ0) is 42.1. The van der Waals surface area contributed by atoms with Crippen LogP contribution in [0.5, 0.6) is 0 Å². The van der Waals surface area contributed by atoms with Crippen LogP contribution in [0.1, 0.15) is 85.6 Å². The molecule has 1 aliphatic rings. The van der Waals surface area contributed by atoms with E-state index in [1.165, 1.54) is 26.5 Å². The van der Waals surface area contributed by atoms with Crippen molar-refractivity contribution in [2.75, 3.05) is 25.4 Å². The van der Waals surface area contributed by atoms with Crippen LogP contribution in [0.25, 0.3) is 0 Å². The molecule has 314 valence electrons. The summed E-state index contributed by atoms with van der Waals surface area (Å²) in [4.78, 5) is 78.0. The van der Waals surface area contributed by atoms with Gasteiger partial charge in [0.15, 0.2) is 11.9 Å². The molecule has 1 heterocycles. The molecule has 1 aromatic carbocycles. The monoisotopic (exact) mass is 821 g/mol. The number of nitrogens with two attached hydrogens (primary N) is 5. The Hall–Kier alpha value is -4.23. The summed E-state index contributed by atoms with van der Waals surface area (Å²) in [5, 5.41) is 8.46. The van der Waals surface area contributed by atoms with Gasteiger partial charge in [0.2, 0.25) is 23.6 Å². The van der Waals surface area contributed by atoms with Crippen LogP contribution in [-0.2, 0) is 35.1 Å². The first-order chi connectivity index (χ1) is 26.2. The van der Waals surface area contributed by atoms with Crippen LogP contribution in [0.15, 0.2) is 40.3 Å². The summed E-state index contributed by atoms with van der Waals surface area (Å²) in [6, 6.07) is 4.16. The lowest BCUT2D eigenvalue weighted by Gasteiger charge is -2.29. The first-order valence-electron chi connectivity index (χ1n) is 18.8. The number of benzene rings is 1. The molecule has 1 saturated heterocycles. The summed E-state index contributed by atoms with van der Waals surface area (Å²) in [5.41, 5.74) is 28.0. The van der Waals surface area contributed by atoms with Crippen LogP contribution in [0.4, 0.5) is 0 Å². The molecule has 17 nitrogen and oxygen atoms in total. The highest BCUT2D eigenvalue weighted by Crippen LogP contribution is 2.35. The minimum Gasteiger partial charge on any atom is -0.458 e. The largest absolute Gasteiger partial charge is 0.458 e. The molecule has 2 rings (SSSR count). The molecule has 5 atom stereocenters. The summed E-state index contributed by atoms with van der Waals surface area (Å²) >= 11 is 0. The zero-order valence-electron chi connectivity index (χ0n) is 33.5. The number of nitrogens with one attached hydrogen (secondary N) is 3. The van der Waals surface area contributed by atoms with E-state index in [0.717, 1.165) is 5.56 Å². The van der Waals surface area contributed by atoms with E-state index >= 15 is 0 Å². The topological polar surface area (TPSA) is 289 Å². The lowest BCUT2D eigenvalue weighted by atomic mass is 10.0. The molecular formula is C37H63N11O6S2. The molecule has 0 spiro atoms. The van der Waals surface area contributed by atoms with Crippen LogP contribution in [0.2, 0.25) is 0 Å². The Bertz CT molecular complexity index is 1510. The van der Waals surface area contributed by atoms with Gasteiger partial charge >= 0.3 is 5.97 Å². The molecule has 1 aromatic rings. The number of amides is 4. The van der Waals surface area contributed by atoms with Crippen molar-refractivity contribution in [3.8, 4) is 0 Å². The highest BCUT2D eigenvalue weighted by Gasteiger charge is 2.38. The van der Waals surface area contributed by atoms with Crippen molar-refractivity contribution in [1.82, 2.24) is 20.9 Å². The van der Waals surface area contributed by atoms with Gasteiger partial charge < -0.3 is 54.3 Å². The van der Waals surface area contributed by atoms with Gasteiger partial charge in [0, 0.05) is 36.6 Å². The lowest BCUT2D eigenvalue weighted by molar-refractivity contribution is -0.158. The van der Waals surface area contributed by atoms with E-state index in [1.807, 2.05) is 51.1 Å². The molecule has 0 bridgehead atoms. The van der Waals surface area contributed by atoms with Crippen molar-refractivity contribution < 1.29 is 28.7 Å². The number of carbonyl (C=O) groups is 5. The van der Waals surface area contributed by atoms with Crippen molar-refractivity contribution >= 4 is 63.1 Å². The molecule has 0 aromatic heterocycles. The number of esters is 1. The van der Waals surface area contributed by atoms with Crippen LogP contribution in [-0.4, -0.2) is 112 Å². The Balaban J connectivity index is 2.33. The smallest absolute Gasteiger partial charge is 0.329 e. The van der Waals surface area contributed by atoms with Gasteiger partial charge in [0.05, 0.1) is 6.04 Å². The second-order valence-corrected chi connectivity index (χ2v) is 18.7. The molecule has 0 saturated carbocycles. The normalized spacial score (nSPS) is 16.4. The van der Waals surface area contributed by atoms with Crippen molar-refractivity contribution in [1.29, 1.82) is 0 Å². The van der Waals surface area contributed by atoms with E-state index in [-0.39, 0.29) is 47.7 Å². The first-order valence-corrected chi connectivity index (χ1v) is 21.1. The van der Waals surface area contributed by atoms with E-state index in [2.05, 4.69) is 25.9 Å². The third-order valence-electron chi connectivity index (χ3n) is 8.17. The second-order valence-electron chi connectivity index (χ2n) is 15.6. The van der Waals surface area contributed by atoms with Crippen molar-refractivity contribution in [2.24, 2.45) is 38.7 Å². The number of carbonyl (C=O) groups excluding carboxylic acids is 5. The summed E-state index contributed by atoms with van der Waals surface area (Å²) in [7, 11) is 2.92. The molecule has 4 amide bonds.